The Labute approximate surface area is 170 Å². The van der Waals surface area contributed by atoms with Gasteiger partial charge in [-0.3, -0.25) is 14.0 Å². The van der Waals surface area contributed by atoms with Crippen molar-refractivity contribution in [3.8, 4) is 0 Å². The Morgan fingerprint density at radius 3 is 2.38 bits per heavy atom. The predicted octanol–water partition coefficient (Wildman–Crippen LogP) is 3.81. The molecule has 1 fully saturated rings. The minimum atomic E-state index is -2.64. The molecular weight excluding hydrogens is 399 g/mol. The Balaban J connectivity index is 1.84. The maximum Gasteiger partial charge on any atom is 0.337 e. The van der Waals surface area contributed by atoms with Crippen LogP contribution in [0.3, 0.4) is 0 Å². The highest BCUT2D eigenvalue weighted by atomic mass is 32.3. The van der Waals surface area contributed by atoms with Crippen molar-refractivity contribution >= 4 is 28.3 Å². The van der Waals surface area contributed by atoms with Crippen molar-refractivity contribution in [3.05, 3.63) is 65.5 Å². The second kappa shape index (κ2) is 8.81. The van der Waals surface area contributed by atoms with Gasteiger partial charge in [-0.05, 0) is 35.9 Å². The molecule has 29 heavy (non-hydrogen) atoms. The Kier molecular flexibility index (Phi) is 6.41. The molecule has 1 heterocycles. The molecule has 2 aromatic carbocycles. The van der Waals surface area contributed by atoms with Crippen LogP contribution in [0.5, 0.6) is 0 Å². The van der Waals surface area contributed by atoms with E-state index in [-0.39, 0.29) is 37.2 Å². The number of hydrogen-bond donors (Lipinski definition) is 2. The Morgan fingerprint density at radius 1 is 1.14 bits per heavy atom. The van der Waals surface area contributed by atoms with Crippen LogP contribution in [-0.4, -0.2) is 57.7 Å². The highest BCUT2D eigenvalue weighted by molar-refractivity contribution is 8.24. The number of nitrogens with zero attached hydrogens (tertiary/aromatic N) is 2. The SMILES string of the molecule is COC(=O)c1ccc(CN(C(=O)N2CCS(O)(O)CC2)c2cccc(F)c2)cc1. The fourth-order valence-electron chi connectivity index (χ4n) is 3.05. The number of anilines is 1. The number of carbonyl (C=O) groups excluding carboxylic acids is 2. The van der Waals surface area contributed by atoms with E-state index < -0.39 is 22.4 Å². The van der Waals surface area contributed by atoms with Crippen LogP contribution >= 0.6 is 10.6 Å². The van der Waals surface area contributed by atoms with E-state index in [0.717, 1.165) is 5.56 Å². The van der Waals surface area contributed by atoms with Gasteiger partial charge in [0.2, 0.25) is 0 Å². The smallest absolute Gasteiger partial charge is 0.337 e. The molecule has 1 aliphatic heterocycles. The summed E-state index contributed by atoms with van der Waals surface area (Å²) in [7, 11) is -1.34. The van der Waals surface area contributed by atoms with Gasteiger partial charge in [-0.2, -0.15) is 10.6 Å². The summed E-state index contributed by atoms with van der Waals surface area (Å²) in [5.74, 6) is -0.663. The Morgan fingerprint density at radius 2 is 1.79 bits per heavy atom. The third-order valence-corrected chi connectivity index (χ3v) is 6.39. The number of benzene rings is 2. The lowest BCUT2D eigenvalue weighted by atomic mass is 10.1. The van der Waals surface area contributed by atoms with Crippen molar-refractivity contribution in [2.45, 2.75) is 6.54 Å². The maximum absolute atomic E-state index is 13.8. The molecule has 0 unspecified atom stereocenters. The van der Waals surface area contributed by atoms with Crippen LogP contribution in [0, 0.1) is 5.82 Å². The molecule has 2 amide bonds. The molecule has 0 aliphatic carbocycles. The second-order valence-electron chi connectivity index (χ2n) is 6.73. The number of ether oxygens (including phenoxy) is 1. The van der Waals surface area contributed by atoms with E-state index >= 15 is 0 Å². The number of methoxy groups -OCH3 is 1. The van der Waals surface area contributed by atoms with Crippen LogP contribution in [0.1, 0.15) is 15.9 Å². The number of urea groups is 1. The molecule has 9 heteroatoms. The topological polar surface area (TPSA) is 90.3 Å². The zero-order valence-corrected chi connectivity index (χ0v) is 16.8. The van der Waals surface area contributed by atoms with Crippen LogP contribution in [0.15, 0.2) is 48.5 Å². The van der Waals surface area contributed by atoms with Crippen molar-refractivity contribution in [3.63, 3.8) is 0 Å². The third kappa shape index (κ3) is 5.26. The molecule has 2 aromatic rings. The van der Waals surface area contributed by atoms with E-state index in [9.17, 15) is 23.1 Å². The molecule has 0 saturated carbocycles. The standard InChI is InChI=1S/C20H23FN2O5S/c1-28-19(24)16-7-5-15(6-8-16)14-23(18-4-2-3-17(21)13-18)20(25)22-9-11-29(26,27)12-10-22/h2-8,13,26-27H,9-12,14H2,1H3. The first kappa shape index (κ1) is 21.1. The summed E-state index contributed by atoms with van der Waals surface area (Å²) >= 11 is 0. The van der Waals surface area contributed by atoms with E-state index in [4.69, 9.17) is 0 Å². The monoisotopic (exact) mass is 422 g/mol. The number of hydrogen-bond acceptors (Lipinski definition) is 5. The quantitative estimate of drug-likeness (QED) is 0.732. The lowest BCUT2D eigenvalue weighted by molar-refractivity contribution is 0.0600. The summed E-state index contributed by atoms with van der Waals surface area (Å²) in [4.78, 5) is 27.7. The molecule has 0 atom stereocenters. The number of carbonyl (C=O) groups is 2. The van der Waals surface area contributed by atoms with Crippen molar-refractivity contribution in [2.24, 2.45) is 0 Å². The summed E-state index contributed by atoms with van der Waals surface area (Å²) in [5, 5.41) is 0. The van der Waals surface area contributed by atoms with Crippen LogP contribution < -0.4 is 4.90 Å². The first-order valence-corrected chi connectivity index (χ1v) is 10.9. The van der Waals surface area contributed by atoms with Gasteiger partial charge in [-0.25, -0.2) is 14.0 Å². The summed E-state index contributed by atoms with van der Waals surface area (Å²) in [6.45, 7) is 0.596. The molecule has 7 nitrogen and oxygen atoms in total. The van der Waals surface area contributed by atoms with E-state index in [0.29, 0.717) is 11.3 Å². The molecule has 1 aliphatic rings. The molecule has 3 rings (SSSR count). The maximum atomic E-state index is 13.8. The van der Waals surface area contributed by atoms with Gasteiger partial charge in [0.15, 0.2) is 0 Å². The first-order chi connectivity index (χ1) is 13.8. The van der Waals surface area contributed by atoms with Crippen molar-refractivity contribution < 1.29 is 27.8 Å². The van der Waals surface area contributed by atoms with Crippen molar-refractivity contribution in [2.75, 3.05) is 36.6 Å². The number of halogens is 1. The fourth-order valence-corrected chi connectivity index (χ4v) is 4.28. The van der Waals surface area contributed by atoms with Gasteiger partial charge in [0.1, 0.15) is 5.82 Å². The highest BCUT2D eigenvalue weighted by Gasteiger charge is 2.29. The van der Waals surface area contributed by atoms with E-state index in [2.05, 4.69) is 4.74 Å². The number of amides is 2. The molecule has 0 spiro atoms. The Bertz CT molecular complexity index is 881. The van der Waals surface area contributed by atoms with E-state index in [1.54, 1.807) is 30.3 Å². The zero-order chi connectivity index (χ0) is 21.0. The third-order valence-electron chi connectivity index (χ3n) is 4.71. The van der Waals surface area contributed by atoms with Crippen molar-refractivity contribution in [1.82, 2.24) is 4.90 Å². The van der Waals surface area contributed by atoms with Gasteiger partial charge >= 0.3 is 12.0 Å². The molecular formula is C20H23FN2O5S. The fraction of sp³-hybridized carbons (Fsp3) is 0.300. The van der Waals surface area contributed by atoms with Crippen molar-refractivity contribution in [1.29, 1.82) is 0 Å². The van der Waals surface area contributed by atoms with Crippen LogP contribution in [0.2, 0.25) is 0 Å². The van der Waals surface area contributed by atoms with Crippen LogP contribution in [0.4, 0.5) is 14.9 Å². The Hall–Kier alpha value is -2.62. The second-order valence-corrected chi connectivity index (χ2v) is 9.16. The van der Waals surface area contributed by atoms with E-state index in [1.165, 1.54) is 35.1 Å². The average Bonchev–Trinajstić information content (AvgIpc) is 2.71. The van der Waals surface area contributed by atoms with Crippen LogP contribution in [0.25, 0.3) is 0 Å². The number of rotatable bonds is 4. The average molecular weight is 422 g/mol. The largest absolute Gasteiger partial charge is 0.465 e. The summed E-state index contributed by atoms with van der Waals surface area (Å²) in [6.07, 6.45) is 0. The molecule has 0 radical (unpaired) electrons. The van der Waals surface area contributed by atoms with Gasteiger partial charge in [-0.1, -0.05) is 18.2 Å². The van der Waals surface area contributed by atoms with Gasteiger partial charge < -0.3 is 9.64 Å². The van der Waals surface area contributed by atoms with Gasteiger partial charge in [-0.15, -0.1) is 0 Å². The van der Waals surface area contributed by atoms with Gasteiger partial charge in [0.05, 0.1) is 30.7 Å². The van der Waals surface area contributed by atoms with E-state index in [1.807, 2.05) is 0 Å². The minimum absolute atomic E-state index is 0.129. The molecule has 2 N–H and O–H groups in total. The highest BCUT2D eigenvalue weighted by Crippen LogP contribution is 2.40. The lowest BCUT2D eigenvalue weighted by Gasteiger charge is -2.42. The number of esters is 1. The predicted molar refractivity (Wildman–Crippen MR) is 110 cm³/mol. The molecule has 1 saturated heterocycles. The normalized spacial score (nSPS) is 16.8. The molecule has 0 aromatic heterocycles. The van der Waals surface area contributed by atoms with Crippen LogP contribution in [-0.2, 0) is 11.3 Å². The minimum Gasteiger partial charge on any atom is -0.465 e. The summed E-state index contributed by atoms with van der Waals surface area (Å²) in [5.41, 5.74) is 1.53. The van der Waals surface area contributed by atoms with Gasteiger partial charge in [0.25, 0.3) is 0 Å². The lowest BCUT2D eigenvalue weighted by Crippen LogP contribution is -2.48. The summed E-state index contributed by atoms with van der Waals surface area (Å²) in [6, 6.07) is 12.0. The van der Waals surface area contributed by atoms with Gasteiger partial charge in [0, 0.05) is 18.8 Å². The zero-order valence-electron chi connectivity index (χ0n) is 16.0. The molecule has 0 bridgehead atoms. The first-order valence-electron chi connectivity index (χ1n) is 9.02. The molecule has 156 valence electrons. The summed E-state index contributed by atoms with van der Waals surface area (Å²) < 4.78 is 38.1.